The smallest absolute Gasteiger partial charge is 0.221 e. The highest BCUT2D eigenvalue weighted by Gasteiger charge is 2.29. The van der Waals surface area contributed by atoms with E-state index in [2.05, 4.69) is 10.3 Å². The quantitative estimate of drug-likeness (QED) is 0.770. The van der Waals surface area contributed by atoms with E-state index in [1.54, 1.807) is 12.4 Å². The normalized spacial score (nSPS) is 16.8. The first-order chi connectivity index (χ1) is 7.75. The summed E-state index contributed by atoms with van der Waals surface area (Å²) in [6.45, 7) is 0.554. The molecule has 0 saturated heterocycles. The molecule has 1 heterocycles. The van der Waals surface area contributed by atoms with Crippen LogP contribution in [0.15, 0.2) is 24.5 Å². The van der Waals surface area contributed by atoms with Gasteiger partial charge in [0.25, 0.3) is 0 Å². The van der Waals surface area contributed by atoms with E-state index in [1.165, 1.54) is 12.8 Å². The van der Waals surface area contributed by atoms with Crippen molar-refractivity contribution in [3.8, 4) is 0 Å². The molecule has 1 saturated carbocycles. The van der Waals surface area contributed by atoms with Crippen molar-refractivity contribution in [2.24, 2.45) is 11.7 Å². The molecular formula is C12H17N3O. The molecule has 1 aliphatic carbocycles. The summed E-state index contributed by atoms with van der Waals surface area (Å²) in [6.07, 6.45) is 6.24. The van der Waals surface area contributed by atoms with Crippen molar-refractivity contribution in [3.63, 3.8) is 0 Å². The van der Waals surface area contributed by atoms with Crippen LogP contribution in [0.4, 0.5) is 0 Å². The first-order valence-electron chi connectivity index (χ1n) is 5.67. The third kappa shape index (κ3) is 3.31. The van der Waals surface area contributed by atoms with Gasteiger partial charge in [0.2, 0.25) is 5.91 Å². The summed E-state index contributed by atoms with van der Waals surface area (Å²) >= 11 is 0. The highest BCUT2D eigenvalue weighted by molar-refractivity contribution is 5.76. The molecule has 4 nitrogen and oxygen atoms in total. The molecule has 0 spiro atoms. The lowest BCUT2D eigenvalue weighted by Crippen LogP contribution is -2.32. The lowest BCUT2D eigenvalue weighted by molar-refractivity contribution is -0.121. The van der Waals surface area contributed by atoms with Crippen LogP contribution in [-0.4, -0.2) is 16.9 Å². The summed E-state index contributed by atoms with van der Waals surface area (Å²) in [7, 11) is 0. The number of hydrogen-bond acceptors (Lipinski definition) is 3. The number of carbonyl (C=O) groups excluding carboxylic acids is 1. The van der Waals surface area contributed by atoms with Crippen molar-refractivity contribution in [2.75, 3.05) is 0 Å². The number of aromatic nitrogens is 1. The Bertz CT molecular complexity index is 349. The zero-order valence-electron chi connectivity index (χ0n) is 9.23. The van der Waals surface area contributed by atoms with Gasteiger partial charge in [-0.1, -0.05) is 0 Å². The van der Waals surface area contributed by atoms with E-state index in [4.69, 9.17) is 5.73 Å². The second-order valence-electron chi connectivity index (χ2n) is 4.34. The van der Waals surface area contributed by atoms with Gasteiger partial charge in [0.05, 0.1) is 0 Å². The number of amides is 1. The summed E-state index contributed by atoms with van der Waals surface area (Å²) < 4.78 is 0. The van der Waals surface area contributed by atoms with Crippen LogP contribution in [0, 0.1) is 5.92 Å². The fraction of sp³-hybridized carbons (Fsp3) is 0.500. The molecule has 0 bridgehead atoms. The van der Waals surface area contributed by atoms with Gasteiger partial charge < -0.3 is 11.1 Å². The third-order valence-electron chi connectivity index (χ3n) is 2.89. The molecule has 0 radical (unpaired) electrons. The van der Waals surface area contributed by atoms with Gasteiger partial charge in [-0.25, -0.2) is 0 Å². The van der Waals surface area contributed by atoms with Crippen molar-refractivity contribution in [2.45, 2.75) is 31.8 Å². The van der Waals surface area contributed by atoms with Gasteiger partial charge in [-0.3, -0.25) is 9.78 Å². The van der Waals surface area contributed by atoms with Gasteiger partial charge in [0, 0.05) is 31.4 Å². The van der Waals surface area contributed by atoms with E-state index in [0.29, 0.717) is 18.9 Å². The number of nitrogens with one attached hydrogen (secondary N) is 1. The second kappa shape index (κ2) is 5.07. The molecule has 1 unspecified atom stereocenters. The monoisotopic (exact) mass is 219 g/mol. The maximum Gasteiger partial charge on any atom is 0.221 e. The molecule has 16 heavy (non-hydrogen) atoms. The standard InChI is InChI=1S/C12H17N3O/c13-11(10-1-2-10)7-12(16)15-8-9-3-5-14-6-4-9/h3-6,10-11H,1-2,7-8,13H2,(H,15,16). The van der Waals surface area contributed by atoms with E-state index in [-0.39, 0.29) is 11.9 Å². The fourth-order valence-corrected chi connectivity index (χ4v) is 1.68. The van der Waals surface area contributed by atoms with Crippen molar-refractivity contribution < 1.29 is 4.79 Å². The van der Waals surface area contributed by atoms with Crippen LogP contribution < -0.4 is 11.1 Å². The molecule has 1 amide bonds. The maximum absolute atomic E-state index is 11.6. The van der Waals surface area contributed by atoms with Gasteiger partial charge in [0.1, 0.15) is 0 Å². The molecular weight excluding hydrogens is 202 g/mol. The van der Waals surface area contributed by atoms with Crippen LogP contribution in [0.3, 0.4) is 0 Å². The van der Waals surface area contributed by atoms with Crippen molar-refractivity contribution in [1.29, 1.82) is 0 Å². The maximum atomic E-state index is 11.6. The van der Waals surface area contributed by atoms with Crippen LogP contribution in [0.1, 0.15) is 24.8 Å². The van der Waals surface area contributed by atoms with Gasteiger partial charge in [-0.15, -0.1) is 0 Å². The largest absolute Gasteiger partial charge is 0.352 e. The summed E-state index contributed by atoms with van der Waals surface area (Å²) in [5, 5.41) is 2.87. The van der Waals surface area contributed by atoms with Gasteiger partial charge in [-0.2, -0.15) is 0 Å². The van der Waals surface area contributed by atoms with Crippen LogP contribution in [0.2, 0.25) is 0 Å². The average Bonchev–Trinajstić information content (AvgIpc) is 3.11. The van der Waals surface area contributed by atoms with Crippen LogP contribution in [-0.2, 0) is 11.3 Å². The van der Waals surface area contributed by atoms with Crippen LogP contribution in [0.5, 0.6) is 0 Å². The third-order valence-corrected chi connectivity index (χ3v) is 2.89. The Labute approximate surface area is 95.3 Å². The molecule has 1 aliphatic rings. The minimum absolute atomic E-state index is 0.0382. The Morgan fingerprint density at radius 3 is 2.81 bits per heavy atom. The Morgan fingerprint density at radius 1 is 1.50 bits per heavy atom. The average molecular weight is 219 g/mol. The number of pyridine rings is 1. The number of nitrogens with two attached hydrogens (primary N) is 1. The van der Waals surface area contributed by atoms with Gasteiger partial charge in [-0.05, 0) is 36.5 Å². The zero-order chi connectivity index (χ0) is 11.4. The number of carbonyl (C=O) groups is 1. The molecule has 0 aromatic carbocycles. The summed E-state index contributed by atoms with van der Waals surface area (Å²) in [4.78, 5) is 15.5. The Morgan fingerprint density at radius 2 is 2.19 bits per heavy atom. The Hall–Kier alpha value is -1.42. The Kier molecular flexibility index (Phi) is 3.51. The number of nitrogens with zero attached hydrogens (tertiary/aromatic N) is 1. The second-order valence-corrected chi connectivity index (χ2v) is 4.34. The van der Waals surface area contributed by atoms with Gasteiger partial charge in [0.15, 0.2) is 0 Å². The van der Waals surface area contributed by atoms with E-state index in [1.807, 2.05) is 12.1 Å². The van der Waals surface area contributed by atoms with Crippen molar-refractivity contribution in [3.05, 3.63) is 30.1 Å². The predicted molar refractivity (Wildman–Crippen MR) is 61.4 cm³/mol. The predicted octanol–water partition coefficient (Wildman–Crippen LogP) is 0.825. The minimum Gasteiger partial charge on any atom is -0.352 e. The molecule has 4 heteroatoms. The molecule has 0 aliphatic heterocycles. The fourth-order valence-electron chi connectivity index (χ4n) is 1.68. The number of rotatable bonds is 5. The Balaban J connectivity index is 1.71. The highest BCUT2D eigenvalue weighted by Crippen LogP contribution is 2.32. The minimum atomic E-state index is 0.0382. The van der Waals surface area contributed by atoms with Crippen molar-refractivity contribution >= 4 is 5.91 Å². The lowest BCUT2D eigenvalue weighted by atomic mass is 10.1. The first-order valence-corrected chi connectivity index (χ1v) is 5.67. The van der Waals surface area contributed by atoms with Crippen LogP contribution in [0.25, 0.3) is 0 Å². The number of hydrogen-bond donors (Lipinski definition) is 2. The first kappa shape index (κ1) is 11.1. The highest BCUT2D eigenvalue weighted by atomic mass is 16.1. The molecule has 1 aromatic heterocycles. The van der Waals surface area contributed by atoms with Crippen molar-refractivity contribution in [1.82, 2.24) is 10.3 Å². The molecule has 3 N–H and O–H groups in total. The summed E-state index contributed by atoms with van der Waals surface area (Å²) in [5.74, 6) is 0.614. The molecule has 1 aromatic rings. The molecule has 1 atom stereocenters. The van der Waals surface area contributed by atoms with Gasteiger partial charge >= 0.3 is 0 Å². The van der Waals surface area contributed by atoms with E-state index < -0.39 is 0 Å². The lowest BCUT2D eigenvalue weighted by Gasteiger charge is -2.10. The topological polar surface area (TPSA) is 68.0 Å². The molecule has 2 rings (SSSR count). The SMILES string of the molecule is NC(CC(=O)NCc1ccncc1)C1CC1. The summed E-state index contributed by atoms with van der Waals surface area (Å²) in [5.41, 5.74) is 6.94. The molecule has 86 valence electrons. The van der Waals surface area contributed by atoms with E-state index in [0.717, 1.165) is 5.56 Å². The summed E-state index contributed by atoms with van der Waals surface area (Å²) in [6, 6.07) is 3.82. The molecule has 1 fully saturated rings. The van der Waals surface area contributed by atoms with Crippen LogP contribution >= 0.6 is 0 Å². The van der Waals surface area contributed by atoms with E-state index in [9.17, 15) is 4.79 Å². The zero-order valence-corrected chi connectivity index (χ0v) is 9.23. The van der Waals surface area contributed by atoms with E-state index >= 15 is 0 Å².